The Hall–Kier alpha value is -2.14. The van der Waals surface area contributed by atoms with Crippen LogP contribution in [0.1, 0.15) is 34.6 Å². The minimum atomic E-state index is -0.783. The van der Waals surface area contributed by atoms with Crippen molar-refractivity contribution in [2.24, 2.45) is 0 Å². The van der Waals surface area contributed by atoms with E-state index < -0.39 is 12.1 Å². The summed E-state index contributed by atoms with van der Waals surface area (Å²) in [5.41, 5.74) is 3.71. The number of esters is 1. The molecule has 1 aliphatic rings. The number of likely N-dealkylation sites (N-methyl/N-ethyl adjacent to an activating group) is 1. The highest BCUT2D eigenvalue weighted by atomic mass is 32.1. The minimum Gasteiger partial charge on any atom is -0.448 e. The standard InChI is InChI=1S/C18H19NO3S/c1-3-19-17(20)11(2)22-18(21)15-10-13-9-8-12-6-4-5-7-14(12)16(13)23-15/h4-7,10-11H,3,8-9H2,1-2H3,(H,19,20)/t11-/m0/s1. The van der Waals surface area contributed by atoms with Crippen LogP contribution in [0.25, 0.3) is 10.4 Å². The highest BCUT2D eigenvalue weighted by Crippen LogP contribution is 2.39. The predicted octanol–water partition coefficient (Wildman–Crippen LogP) is 3.20. The Kier molecular flexibility index (Phi) is 4.48. The third-order valence-corrected chi connectivity index (χ3v) is 5.13. The van der Waals surface area contributed by atoms with Gasteiger partial charge in [-0.3, -0.25) is 4.79 Å². The first-order chi connectivity index (χ1) is 11.1. The van der Waals surface area contributed by atoms with E-state index in [-0.39, 0.29) is 5.91 Å². The number of carbonyl (C=O) groups is 2. The zero-order chi connectivity index (χ0) is 16.4. The van der Waals surface area contributed by atoms with Crippen LogP contribution < -0.4 is 5.32 Å². The number of amides is 1. The molecular weight excluding hydrogens is 310 g/mol. The number of benzene rings is 1. The Labute approximate surface area is 139 Å². The van der Waals surface area contributed by atoms with Crippen LogP contribution in [0.5, 0.6) is 0 Å². The summed E-state index contributed by atoms with van der Waals surface area (Å²) < 4.78 is 5.28. The van der Waals surface area contributed by atoms with Gasteiger partial charge in [-0.1, -0.05) is 24.3 Å². The van der Waals surface area contributed by atoms with Gasteiger partial charge in [0.05, 0.1) is 0 Å². The number of aryl methyl sites for hydroxylation is 2. The topological polar surface area (TPSA) is 55.4 Å². The summed E-state index contributed by atoms with van der Waals surface area (Å²) in [4.78, 5) is 25.7. The van der Waals surface area contributed by atoms with Gasteiger partial charge in [0.25, 0.3) is 5.91 Å². The Balaban J connectivity index is 1.80. The average molecular weight is 329 g/mol. The van der Waals surface area contributed by atoms with Crippen molar-refractivity contribution in [3.05, 3.63) is 46.3 Å². The SMILES string of the molecule is CCNC(=O)[C@H](C)OC(=O)c1cc2c(s1)-c1ccccc1CC2. The quantitative estimate of drug-likeness (QED) is 0.877. The fraction of sp³-hybridized carbons (Fsp3) is 0.333. The lowest BCUT2D eigenvalue weighted by Crippen LogP contribution is -2.35. The van der Waals surface area contributed by atoms with Crippen LogP contribution in [0.15, 0.2) is 30.3 Å². The van der Waals surface area contributed by atoms with Gasteiger partial charge in [-0.25, -0.2) is 4.79 Å². The van der Waals surface area contributed by atoms with E-state index in [1.54, 1.807) is 6.92 Å². The van der Waals surface area contributed by atoms with Crippen molar-refractivity contribution >= 4 is 23.2 Å². The summed E-state index contributed by atoms with van der Waals surface area (Å²) in [6.07, 6.45) is 1.14. The molecule has 0 saturated carbocycles. The molecule has 1 amide bonds. The molecular formula is C18H19NO3S. The lowest BCUT2D eigenvalue weighted by Gasteiger charge is -2.15. The van der Waals surface area contributed by atoms with Gasteiger partial charge in [0.1, 0.15) is 4.88 Å². The summed E-state index contributed by atoms with van der Waals surface area (Å²) in [5.74, 6) is -0.701. The van der Waals surface area contributed by atoms with Crippen LogP contribution in [-0.2, 0) is 22.4 Å². The fourth-order valence-corrected chi connectivity index (χ4v) is 3.92. The Bertz CT molecular complexity index is 750. The van der Waals surface area contributed by atoms with E-state index in [9.17, 15) is 9.59 Å². The predicted molar refractivity (Wildman–Crippen MR) is 90.7 cm³/mol. The summed E-state index contributed by atoms with van der Waals surface area (Å²) in [6.45, 7) is 3.94. The number of nitrogens with one attached hydrogen (secondary N) is 1. The van der Waals surface area contributed by atoms with E-state index in [4.69, 9.17) is 4.74 Å². The monoisotopic (exact) mass is 329 g/mol. The first-order valence-electron chi connectivity index (χ1n) is 7.79. The van der Waals surface area contributed by atoms with Gasteiger partial charge in [-0.2, -0.15) is 0 Å². The van der Waals surface area contributed by atoms with Crippen molar-refractivity contribution in [3.63, 3.8) is 0 Å². The highest BCUT2D eigenvalue weighted by molar-refractivity contribution is 7.17. The molecule has 0 saturated heterocycles. The molecule has 1 aliphatic carbocycles. The van der Waals surface area contributed by atoms with Crippen LogP contribution in [0, 0.1) is 0 Å². The lowest BCUT2D eigenvalue weighted by molar-refractivity contribution is -0.128. The highest BCUT2D eigenvalue weighted by Gasteiger charge is 2.24. The number of hydrogen-bond acceptors (Lipinski definition) is 4. The molecule has 0 spiro atoms. The van der Waals surface area contributed by atoms with E-state index >= 15 is 0 Å². The van der Waals surface area contributed by atoms with Crippen molar-refractivity contribution in [1.29, 1.82) is 0 Å². The van der Waals surface area contributed by atoms with Gasteiger partial charge in [-0.05, 0) is 49.4 Å². The summed E-state index contributed by atoms with van der Waals surface area (Å²) in [6, 6.07) is 10.2. The van der Waals surface area contributed by atoms with Crippen molar-refractivity contribution < 1.29 is 14.3 Å². The van der Waals surface area contributed by atoms with Crippen LogP contribution in [0.3, 0.4) is 0 Å². The normalized spacial score (nSPS) is 13.7. The molecule has 1 aromatic carbocycles. The second kappa shape index (κ2) is 6.54. The third-order valence-electron chi connectivity index (χ3n) is 3.94. The molecule has 0 fully saturated rings. The average Bonchev–Trinajstić information content (AvgIpc) is 2.99. The first kappa shape index (κ1) is 15.7. The second-order valence-corrected chi connectivity index (χ2v) is 6.62. The molecule has 1 atom stereocenters. The van der Waals surface area contributed by atoms with Crippen LogP contribution in [-0.4, -0.2) is 24.5 Å². The first-order valence-corrected chi connectivity index (χ1v) is 8.61. The van der Waals surface area contributed by atoms with Gasteiger partial charge >= 0.3 is 5.97 Å². The van der Waals surface area contributed by atoms with Gasteiger partial charge in [0.15, 0.2) is 6.10 Å². The van der Waals surface area contributed by atoms with E-state index in [2.05, 4.69) is 17.4 Å². The zero-order valence-corrected chi connectivity index (χ0v) is 14.0. The number of carbonyl (C=O) groups excluding carboxylic acids is 2. The smallest absolute Gasteiger partial charge is 0.349 e. The van der Waals surface area contributed by atoms with Gasteiger partial charge in [0, 0.05) is 11.4 Å². The van der Waals surface area contributed by atoms with Gasteiger partial charge in [-0.15, -0.1) is 11.3 Å². The molecule has 1 N–H and O–H groups in total. The van der Waals surface area contributed by atoms with Crippen molar-refractivity contribution in [2.75, 3.05) is 6.54 Å². The van der Waals surface area contributed by atoms with Gasteiger partial charge in [0.2, 0.25) is 0 Å². The summed E-state index contributed by atoms with van der Waals surface area (Å²) in [5, 5.41) is 2.65. The van der Waals surface area contributed by atoms with Crippen LogP contribution >= 0.6 is 11.3 Å². The second-order valence-electron chi connectivity index (χ2n) is 5.56. The van der Waals surface area contributed by atoms with Crippen molar-refractivity contribution in [1.82, 2.24) is 5.32 Å². The fourth-order valence-electron chi connectivity index (χ4n) is 2.76. The molecule has 0 radical (unpaired) electrons. The summed E-state index contributed by atoms with van der Waals surface area (Å²) in [7, 11) is 0. The van der Waals surface area contributed by atoms with E-state index in [0.717, 1.165) is 17.7 Å². The zero-order valence-electron chi connectivity index (χ0n) is 13.2. The Morgan fingerprint density at radius 2 is 2.00 bits per heavy atom. The molecule has 23 heavy (non-hydrogen) atoms. The molecule has 0 unspecified atom stereocenters. The third kappa shape index (κ3) is 3.15. The molecule has 120 valence electrons. The molecule has 3 rings (SSSR count). The number of thiophene rings is 1. The number of ether oxygens (including phenoxy) is 1. The molecule has 1 aromatic heterocycles. The summed E-state index contributed by atoms with van der Waals surface area (Å²) >= 11 is 1.45. The minimum absolute atomic E-state index is 0.271. The molecule has 4 nitrogen and oxygen atoms in total. The number of rotatable bonds is 4. The maximum atomic E-state index is 12.3. The molecule has 0 aliphatic heterocycles. The van der Waals surface area contributed by atoms with Crippen molar-refractivity contribution in [2.45, 2.75) is 32.8 Å². The number of hydrogen-bond donors (Lipinski definition) is 1. The maximum absolute atomic E-state index is 12.3. The van der Waals surface area contributed by atoms with E-state index in [1.165, 1.54) is 28.0 Å². The van der Waals surface area contributed by atoms with Gasteiger partial charge < -0.3 is 10.1 Å². The van der Waals surface area contributed by atoms with Crippen LogP contribution in [0.4, 0.5) is 0 Å². The Morgan fingerprint density at radius 1 is 1.26 bits per heavy atom. The van der Waals surface area contributed by atoms with Crippen molar-refractivity contribution in [3.8, 4) is 10.4 Å². The van der Waals surface area contributed by atoms with E-state index in [0.29, 0.717) is 11.4 Å². The lowest BCUT2D eigenvalue weighted by atomic mass is 9.91. The van der Waals surface area contributed by atoms with E-state index in [1.807, 2.05) is 25.1 Å². The number of fused-ring (bicyclic) bond motifs is 3. The molecule has 2 aromatic rings. The molecule has 0 bridgehead atoms. The maximum Gasteiger partial charge on any atom is 0.349 e. The van der Waals surface area contributed by atoms with Crippen LogP contribution in [0.2, 0.25) is 0 Å². The Morgan fingerprint density at radius 3 is 2.78 bits per heavy atom. The molecule has 1 heterocycles. The molecule has 5 heteroatoms. The largest absolute Gasteiger partial charge is 0.448 e.